The van der Waals surface area contributed by atoms with E-state index >= 15 is 0 Å². The van der Waals surface area contributed by atoms with E-state index in [9.17, 15) is 9.90 Å². The van der Waals surface area contributed by atoms with Crippen molar-refractivity contribution in [3.8, 4) is 16.9 Å². The average molecular weight is 391 g/mol. The first-order chi connectivity index (χ1) is 13.6. The molecule has 0 fully saturated rings. The predicted molar refractivity (Wildman–Crippen MR) is 113 cm³/mol. The van der Waals surface area contributed by atoms with Gasteiger partial charge in [-0.2, -0.15) is 0 Å². The van der Waals surface area contributed by atoms with Crippen LogP contribution in [0.1, 0.15) is 16.7 Å². The molecule has 5 heteroatoms. The molecule has 0 amide bonds. The lowest BCUT2D eigenvalue weighted by molar-refractivity contribution is -0.137. The maximum atomic E-state index is 11.4. The van der Waals surface area contributed by atoms with Gasteiger partial charge in [-0.15, -0.1) is 11.8 Å². The average Bonchev–Trinajstić information content (AvgIpc) is 3.03. The summed E-state index contributed by atoms with van der Waals surface area (Å²) in [5.41, 5.74) is 11.6. The number of hydrogen-bond donors (Lipinski definition) is 2. The monoisotopic (exact) mass is 391 g/mol. The van der Waals surface area contributed by atoms with E-state index in [1.165, 1.54) is 11.1 Å². The number of carbonyl (C=O) groups is 1. The number of methoxy groups -OCH3 is 1. The normalized spacial score (nSPS) is 14.8. The molecule has 1 aliphatic carbocycles. The summed E-state index contributed by atoms with van der Waals surface area (Å²) < 4.78 is 4.81. The molecule has 1 aliphatic rings. The zero-order chi connectivity index (χ0) is 19.7. The number of carboxylic acid groups (broad SMARTS) is 1. The lowest BCUT2D eigenvalue weighted by Gasteiger charge is -2.33. The van der Waals surface area contributed by atoms with Crippen molar-refractivity contribution in [1.29, 1.82) is 0 Å². The summed E-state index contributed by atoms with van der Waals surface area (Å²) in [6.45, 7) is 0. The summed E-state index contributed by atoms with van der Waals surface area (Å²) in [4.78, 5) is 11.4. The lowest BCUT2D eigenvalue weighted by atomic mass is 9.88. The van der Waals surface area contributed by atoms with E-state index in [2.05, 4.69) is 36.4 Å². The van der Waals surface area contributed by atoms with Crippen LogP contribution < -0.4 is 10.5 Å². The molecule has 1 atom stereocenters. The van der Waals surface area contributed by atoms with E-state index < -0.39 is 16.8 Å². The summed E-state index contributed by atoms with van der Waals surface area (Å²) in [5, 5.41) is 9.31. The van der Waals surface area contributed by atoms with Gasteiger partial charge in [-0.05, 0) is 39.9 Å². The first-order valence-corrected chi connectivity index (χ1v) is 10.0. The van der Waals surface area contributed by atoms with Crippen LogP contribution in [0.25, 0.3) is 11.1 Å². The van der Waals surface area contributed by atoms with E-state index in [0.717, 1.165) is 22.4 Å². The molecule has 0 saturated heterocycles. The van der Waals surface area contributed by atoms with Gasteiger partial charge in [0.25, 0.3) is 0 Å². The molecule has 0 spiro atoms. The Hall–Kier alpha value is -2.76. The van der Waals surface area contributed by atoms with Crippen LogP contribution in [0.2, 0.25) is 0 Å². The number of rotatable bonds is 6. The second-order valence-electron chi connectivity index (χ2n) is 6.76. The van der Waals surface area contributed by atoms with Crippen LogP contribution in [0, 0.1) is 0 Å². The summed E-state index contributed by atoms with van der Waals surface area (Å²) in [6.07, 6.45) is 0. The molecular formula is C23H21NO3S. The van der Waals surface area contributed by atoms with Crippen LogP contribution in [0.15, 0.2) is 72.8 Å². The molecule has 4 nitrogen and oxygen atoms in total. The molecule has 3 aromatic carbocycles. The summed E-state index contributed by atoms with van der Waals surface area (Å²) >= 11 is 1.57. The highest BCUT2D eigenvalue weighted by Crippen LogP contribution is 2.58. The SMILES string of the molecule is COc1ccc(C2(SCC(N)C(=O)O)c3ccccc3-c3ccccc32)cc1. The van der Waals surface area contributed by atoms with E-state index in [-0.39, 0.29) is 0 Å². The Bertz CT molecular complexity index is 971. The molecule has 1 unspecified atom stereocenters. The van der Waals surface area contributed by atoms with Crippen molar-refractivity contribution in [2.24, 2.45) is 5.73 Å². The molecule has 0 saturated carbocycles. The minimum Gasteiger partial charge on any atom is -0.497 e. The Morgan fingerprint density at radius 2 is 1.54 bits per heavy atom. The molecule has 0 radical (unpaired) electrons. The Kier molecular flexibility index (Phi) is 4.87. The number of carboxylic acids is 1. The summed E-state index contributed by atoms with van der Waals surface area (Å²) in [7, 11) is 1.64. The highest BCUT2D eigenvalue weighted by atomic mass is 32.2. The third-order valence-electron chi connectivity index (χ3n) is 5.20. The smallest absolute Gasteiger partial charge is 0.321 e. The van der Waals surface area contributed by atoms with Crippen LogP contribution in [0.3, 0.4) is 0 Å². The maximum absolute atomic E-state index is 11.4. The highest BCUT2D eigenvalue weighted by molar-refractivity contribution is 8.00. The molecule has 0 heterocycles. The van der Waals surface area contributed by atoms with Gasteiger partial charge in [0.1, 0.15) is 11.8 Å². The molecule has 3 aromatic rings. The third-order valence-corrected chi connectivity index (χ3v) is 6.83. The van der Waals surface area contributed by atoms with Crippen molar-refractivity contribution in [2.45, 2.75) is 10.8 Å². The zero-order valence-electron chi connectivity index (χ0n) is 15.5. The van der Waals surface area contributed by atoms with E-state index in [1.807, 2.05) is 36.4 Å². The number of aliphatic carboxylic acids is 1. The number of hydrogen-bond acceptors (Lipinski definition) is 4. The second kappa shape index (κ2) is 7.34. The van der Waals surface area contributed by atoms with Crippen molar-refractivity contribution in [1.82, 2.24) is 0 Å². The quantitative estimate of drug-likeness (QED) is 0.661. The van der Waals surface area contributed by atoms with Gasteiger partial charge in [-0.1, -0.05) is 60.7 Å². The minimum atomic E-state index is -0.989. The Labute approximate surface area is 168 Å². The van der Waals surface area contributed by atoms with Gasteiger partial charge in [0.15, 0.2) is 0 Å². The van der Waals surface area contributed by atoms with Crippen LogP contribution in [0.4, 0.5) is 0 Å². The van der Waals surface area contributed by atoms with Crippen LogP contribution in [0.5, 0.6) is 5.75 Å². The predicted octanol–water partition coefficient (Wildman–Crippen LogP) is 4.11. The number of thioether (sulfide) groups is 1. The number of ether oxygens (including phenoxy) is 1. The number of nitrogens with two attached hydrogens (primary N) is 1. The molecule has 28 heavy (non-hydrogen) atoms. The first kappa shape index (κ1) is 18.6. The highest BCUT2D eigenvalue weighted by Gasteiger charge is 2.45. The van der Waals surface area contributed by atoms with Gasteiger partial charge in [-0.25, -0.2) is 0 Å². The van der Waals surface area contributed by atoms with Crippen molar-refractivity contribution in [3.05, 3.63) is 89.5 Å². The Morgan fingerprint density at radius 3 is 2.04 bits per heavy atom. The van der Waals surface area contributed by atoms with Gasteiger partial charge in [0, 0.05) is 5.75 Å². The van der Waals surface area contributed by atoms with Crippen molar-refractivity contribution in [3.63, 3.8) is 0 Å². The third kappa shape index (κ3) is 2.87. The topological polar surface area (TPSA) is 72.5 Å². The van der Waals surface area contributed by atoms with E-state index in [1.54, 1.807) is 18.9 Å². The number of fused-ring (bicyclic) bond motifs is 3. The fraction of sp³-hybridized carbons (Fsp3) is 0.174. The molecule has 142 valence electrons. The first-order valence-electron chi connectivity index (χ1n) is 9.04. The molecule has 0 aromatic heterocycles. The van der Waals surface area contributed by atoms with Crippen molar-refractivity contribution >= 4 is 17.7 Å². The van der Waals surface area contributed by atoms with Gasteiger partial charge in [0.05, 0.1) is 11.9 Å². The molecule has 0 aliphatic heterocycles. The molecule has 0 bridgehead atoms. The molecule has 4 rings (SSSR count). The van der Waals surface area contributed by atoms with E-state index in [4.69, 9.17) is 10.5 Å². The molecular weight excluding hydrogens is 370 g/mol. The van der Waals surface area contributed by atoms with Crippen molar-refractivity contribution < 1.29 is 14.6 Å². The van der Waals surface area contributed by atoms with Crippen LogP contribution in [-0.4, -0.2) is 30.0 Å². The van der Waals surface area contributed by atoms with Gasteiger partial charge in [0.2, 0.25) is 0 Å². The summed E-state index contributed by atoms with van der Waals surface area (Å²) in [5.74, 6) is 0.0898. The van der Waals surface area contributed by atoms with Crippen LogP contribution in [-0.2, 0) is 9.54 Å². The zero-order valence-corrected chi connectivity index (χ0v) is 16.3. The lowest BCUT2D eigenvalue weighted by Crippen LogP contribution is -2.35. The van der Waals surface area contributed by atoms with Crippen LogP contribution >= 0.6 is 11.8 Å². The Balaban J connectivity index is 1.93. The maximum Gasteiger partial charge on any atom is 0.321 e. The summed E-state index contributed by atoms with van der Waals surface area (Å²) in [6, 6.07) is 23.7. The van der Waals surface area contributed by atoms with Crippen molar-refractivity contribution in [2.75, 3.05) is 12.9 Å². The van der Waals surface area contributed by atoms with Gasteiger partial charge in [-0.3, -0.25) is 4.79 Å². The van der Waals surface area contributed by atoms with Gasteiger partial charge < -0.3 is 15.6 Å². The Morgan fingerprint density at radius 1 is 1.00 bits per heavy atom. The van der Waals surface area contributed by atoms with E-state index in [0.29, 0.717) is 5.75 Å². The molecule has 3 N–H and O–H groups in total. The minimum absolute atomic E-state index is 0.296. The standard InChI is InChI=1S/C23H21NO3S/c1-27-16-12-10-15(11-13-16)23(28-14-21(24)22(25)26)19-8-4-2-6-17(19)18-7-3-5-9-20(18)23/h2-13,21H,14,24H2,1H3,(H,25,26). The fourth-order valence-electron chi connectivity index (χ4n) is 3.86. The fourth-order valence-corrected chi connectivity index (χ4v) is 5.40. The van der Waals surface area contributed by atoms with Gasteiger partial charge >= 0.3 is 5.97 Å². The second-order valence-corrected chi connectivity index (χ2v) is 7.99. The largest absolute Gasteiger partial charge is 0.497 e. The number of benzene rings is 3.